The third-order valence-electron chi connectivity index (χ3n) is 2.10. The molecule has 0 radical (unpaired) electrons. The molecule has 6 heteroatoms. The van der Waals surface area contributed by atoms with E-state index >= 15 is 0 Å². The quantitative estimate of drug-likeness (QED) is 0.786. The Balaban J connectivity index is 3.00. The summed E-state index contributed by atoms with van der Waals surface area (Å²) in [6.45, 7) is -0.129. The second-order valence-electron chi connectivity index (χ2n) is 3.40. The summed E-state index contributed by atoms with van der Waals surface area (Å²) >= 11 is 0. The van der Waals surface area contributed by atoms with E-state index in [9.17, 15) is 17.6 Å². The number of nitrogens with two attached hydrogens (primary N) is 1. The fourth-order valence-corrected chi connectivity index (χ4v) is 1.24. The second kappa shape index (κ2) is 4.80. The first-order chi connectivity index (χ1) is 7.34. The van der Waals surface area contributed by atoms with E-state index in [1.54, 1.807) is 0 Å². The first-order valence-corrected chi connectivity index (χ1v) is 4.58. The first kappa shape index (κ1) is 12.9. The van der Waals surface area contributed by atoms with Crippen LogP contribution < -0.4 is 5.73 Å². The van der Waals surface area contributed by atoms with Gasteiger partial charge >= 0.3 is 6.18 Å². The summed E-state index contributed by atoms with van der Waals surface area (Å²) in [4.78, 5) is 0. The van der Waals surface area contributed by atoms with Gasteiger partial charge in [0.15, 0.2) is 0 Å². The van der Waals surface area contributed by atoms with Crippen molar-refractivity contribution in [2.75, 3.05) is 6.54 Å². The molecule has 90 valence electrons. The number of benzene rings is 1. The standard InChI is InChI=1S/C10H11F4NO/c11-9-2-1-7(10(12,13)14)3-6(9)4-8(16)5-15/h1-3,8,16H,4-5,15H2. The van der Waals surface area contributed by atoms with Crippen LogP contribution in [0.2, 0.25) is 0 Å². The molecule has 16 heavy (non-hydrogen) atoms. The molecule has 0 aromatic heterocycles. The van der Waals surface area contributed by atoms with E-state index in [-0.39, 0.29) is 18.5 Å². The van der Waals surface area contributed by atoms with E-state index < -0.39 is 23.7 Å². The topological polar surface area (TPSA) is 46.2 Å². The molecular formula is C10H11F4NO. The van der Waals surface area contributed by atoms with Gasteiger partial charge in [-0.25, -0.2) is 4.39 Å². The molecule has 0 amide bonds. The highest BCUT2D eigenvalue weighted by molar-refractivity contribution is 5.27. The van der Waals surface area contributed by atoms with Gasteiger partial charge in [-0.05, 0) is 23.8 Å². The predicted molar refractivity (Wildman–Crippen MR) is 50.2 cm³/mol. The molecule has 0 spiro atoms. The molecule has 1 rings (SSSR count). The molecule has 1 unspecified atom stereocenters. The van der Waals surface area contributed by atoms with Gasteiger partial charge in [0.1, 0.15) is 5.82 Å². The third kappa shape index (κ3) is 3.18. The van der Waals surface area contributed by atoms with E-state index in [2.05, 4.69) is 0 Å². The van der Waals surface area contributed by atoms with E-state index in [4.69, 9.17) is 10.8 Å². The average molecular weight is 237 g/mol. The van der Waals surface area contributed by atoms with Gasteiger partial charge in [0.25, 0.3) is 0 Å². The smallest absolute Gasteiger partial charge is 0.391 e. The monoisotopic (exact) mass is 237 g/mol. The number of alkyl halides is 3. The maximum Gasteiger partial charge on any atom is 0.416 e. The second-order valence-corrected chi connectivity index (χ2v) is 3.40. The van der Waals surface area contributed by atoms with Crippen LogP contribution in [0.1, 0.15) is 11.1 Å². The van der Waals surface area contributed by atoms with Crippen molar-refractivity contribution in [1.29, 1.82) is 0 Å². The van der Waals surface area contributed by atoms with Crippen molar-refractivity contribution in [2.45, 2.75) is 18.7 Å². The van der Waals surface area contributed by atoms with Gasteiger partial charge in [0, 0.05) is 13.0 Å². The Morgan fingerprint density at radius 1 is 1.31 bits per heavy atom. The average Bonchev–Trinajstić information content (AvgIpc) is 2.19. The van der Waals surface area contributed by atoms with Crippen molar-refractivity contribution in [2.24, 2.45) is 5.73 Å². The zero-order chi connectivity index (χ0) is 12.3. The predicted octanol–water partition coefficient (Wildman–Crippen LogP) is 1.71. The summed E-state index contributed by atoms with van der Waals surface area (Å²) in [5.74, 6) is -0.777. The van der Waals surface area contributed by atoms with Gasteiger partial charge in [-0.1, -0.05) is 0 Å². The Labute approximate surface area is 89.7 Å². The lowest BCUT2D eigenvalue weighted by Gasteiger charge is -2.12. The summed E-state index contributed by atoms with van der Waals surface area (Å²) in [5, 5.41) is 9.16. The molecule has 0 aliphatic carbocycles. The number of halogens is 4. The van der Waals surface area contributed by atoms with Crippen LogP contribution in [0.25, 0.3) is 0 Å². The van der Waals surface area contributed by atoms with Crippen molar-refractivity contribution in [3.63, 3.8) is 0 Å². The Kier molecular flexibility index (Phi) is 3.88. The minimum atomic E-state index is -4.52. The van der Waals surface area contributed by atoms with E-state index in [0.29, 0.717) is 12.1 Å². The molecule has 0 fully saturated rings. The number of rotatable bonds is 3. The summed E-state index contributed by atoms with van der Waals surface area (Å²) in [5.41, 5.74) is 3.97. The Morgan fingerprint density at radius 3 is 2.44 bits per heavy atom. The maximum atomic E-state index is 13.1. The Hall–Kier alpha value is -1.14. The molecule has 0 aliphatic rings. The molecule has 0 bridgehead atoms. The molecule has 1 atom stereocenters. The van der Waals surface area contributed by atoms with Crippen LogP contribution in [0, 0.1) is 5.82 Å². The number of hydrogen-bond donors (Lipinski definition) is 2. The summed E-state index contributed by atoms with van der Waals surface area (Å²) in [7, 11) is 0. The van der Waals surface area contributed by atoms with Crippen molar-refractivity contribution < 1.29 is 22.7 Å². The Morgan fingerprint density at radius 2 is 1.94 bits per heavy atom. The van der Waals surface area contributed by atoms with Gasteiger partial charge in [0.05, 0.1) is 11.7 Å². The van der Waals surface area contributed by atoms with Crippen LogP contribution >= 0.6 is 0 Å². The van der Waals surface area contributed by atoms with Gasteiger partial charge < -0.3 is 10.8 Å². The van der Waals surface area contributed by atoms with Crippen LogP contribution in [0.4, 0.5) is 17.6 Å². The fraction of sp³-hybridized carbons (Fsp3) is 0.400. The minimum Gasteiger partial charge on any atom is -0.391 e. The first-order valence-electron chi connectivity index (χ1n) is 4.58. The number of hydrogen-bond acceptors (Lipinski definition) is 2. The number of aliphatic hydroxyl groups excluding tert-OH is 1. The van der Waals surface area contributed by atoms with Gasteiger partial charge in [-0.2, -0.15) is 13.2 Å². The molecule has 2 nitrogen and oxygen atoms in total. The minimum absolute atomic E-state index is 0.129. The van der Waals surface area contributed by atoms with Crippen LogP contribution in [0.3, 0.4) is 0 Å². The van der Waals surface area contributed by atoms with Crippen LogP contribution in [0.15, 0.2) is 18.2 Å². The largest absolute Gasteiger partial charge is 0.416 e. The van der Waals surface area contributed by atoms with Crippen LogP contribution in [-0.4, -0.2) is 17.8 Å². The zero-order valence-electron chi connectivity index (χ0n) is 8.26. The molecule has 0 saturated heterocycles. The fourth-order valence-electron chi connectivity index (χ4n) is 1.24. The zero-order valence-corrected chi connectivity index (χ0v) is 8.26. The van der Waals surface area contributed by atoms with E-state index in [0.717, 1.165) is 6.07 Å². The summed E-state index contributed by atoms with van der Waals surface area (Å²) < 4.78 is 50.1. The lowest BCUT2D eigenvalue weighted by molar-refractivity contribution is -0.137. The molecule has 1 aromatic carbocycles. The highest BCUT2D eigenvalue weighted by atomic mass is 19.4. The molecular weight excluding hydrogens is 226 g/mol. The van der Waals surface area contributed by atoms with Crippen molar-refractivity contribution in [3.05, 3.63) is 35.1 Å². The van der Waals surface area contributed by atoms with Gasteiger partial charge in [-0.3, -0.25) is 0 Å². The molecule has 0 heterocycles. The van der Waals surface area contributed by atoms with Crippen molar-refractivity contribution in [3.8, 4) is 0 Å². The van der Waals surface area contributed by atoms with Crippen LogP contribution in [0.5, 0.6) is 0 Å². The van der Waals surface area contributed by atoms with Gasteiger partial charge in [0.2, 0.25) is 0 Å². The Bertz CT molecular complexity index is 364. The van der Waals surface area contributed by atoms with Crippen molar-refractivity contribution >= 4 is 0 Å². The molecule has 0 aliphatic heterocycles. The summed E-state index contributed by atoms with van der Waals surface area (Å²) in [6.07, 6.45) is -5.79. The molecule has 1 aromatic rings. The highest BCUT2D eigenvalue weighted by Crippen LogP contribution is 2.30. The van der Waals surface area contributed by atoms with Gasteiger partial charge in [-0.15, -0.1) is 0 Å². The lowest BCUT2D eigenvalue weighted by Crippen LogP contribution is -2.22. The van der Waals surface area contributed by atoms with Crippen molar-refractivity contribution in [1.82, 2.24) is 0 Å². The molecule has 3 N–H and O–H groups in total. The third-order valence-corrected chi connectivity index (χ3v) is 2.10. The van der Waals surface area contributed by atoms with E-state index in [1.807, 2.05) is 0 Å². The summed E-state index contributed by atoms with van der Waals surface area (Å²) in [6, 6.07) is 2.09. The van der Waals surface area contributed by atoms with E-state index in [1.165, 1.54) is 0 Å². The number of aliphatic hydroxyl groups is 1. The normalized spacial score (nSPS) is 13.9. The van der Waals surface area contributed by atoms with Crippen LogP contribution in [-0.2, 0) is 12.6 Å². The maximum absolute atomic E-state index is 13.1. The highest BCUT2D eigenvalue weighted by Gasteiger charge is 2.31. The SMILES string of the molecule is NCC(O)Cc1cc(C(F)(F)F)ccc1F. The molecule has 0 saturated carbocycles. The lowest BCUT2D eigenvalue weighted by atomic mass is 10.0.